The number of allylic oxidation sites excluding steroid dienone is 4. The minimum atomic E-state index is -0.510. The van der Waals surface area contributed by atoms with E-state index in [1.807, 2.05) is 19.9 Å². The standard InChI is InChI=1S/C19H24O3/c1-10(2)14-16(20)12-7-8-13-11(6-5-9-19(13,3)4)15(12)18(22)17(14)21/h7-8,10-11,13,20H,5-6,9H2,1-4H3/t11-,13+/m0/s1. The second-order valence-corrected chi connectivity index (χ2v) is 7.77. The van der Waals surface area contributed by atoms with E-state index in [1.165, 1.54) is 0 Å². The van der Waals surface area contributed by atoms with Crippen molar-refractivity contribution in [1.82, 2.24) is 0 Å². The molecule has 118 valence electrons. The van der Waals surface area contributed by atoms with Gasteiger partial charge in [0, 0.05) is 16.7 Å². The first-order chi connectivity index (χ1) is 10.3. The van der Waals surface area contributed by atoms with E-state index in [9.17, 15) is 14.7 Å². The molecular weight excluding hydrogens is 276 g/mol. The highest BCUT2D eigenvalue weighted by Gasteiger charge is 2.47. The highest BCUT2D eigenvalue weighted by atomic mass is 16.3. The normalized spacial score (nSPS) is 30.8. The fourth-order valence-electron chi connectivity index (χ4n) is 4.41. The molecule has 3 rings (SSSR count). The fraction of sp³-hybridized carbons (Fsp3) is 0.579. The van der Waals surface area contributed by atoms with Gasteiger partial charge in [-0.15, -0.1) is 0 Å². The van der Waals surface area contributed by atoms with E-state index >= 15 is 0 Å². The van der Waals surface area contributed by atoms with Crippen LogP contribution in [0.25, 0.3) is 0 Å². The number of Topliss-reactive ketones (excluding diaryl/α,β-unsaturated/α-hetero) is 2. The summed E-state index contributed by atoms with van der Waals surface area (Å²) in [6.45, 7) is 8.12. The maximum Gasteiger partial charge on any atom is 0.233 e. The Morgan fingerprint density at radius 2 is 1.91 bits per heavy atom. The Balaban J connectivity index is 2.15. The van der Waals surface area contributed by atoms with Crippen molar-refractivity contribution in [3.05, 3.63) is 34.6 Å². The van der Waals surface area contributed by atoms with Gasteiger partial charge in [0.05, 0.1) is 0 Å². The lowest BCUT2D eigenvalue weighted by Gasteiger charge is -2.46. The van der Waals surface area contributed by atoms with Crippen LogP contribution in [0.3, 0.4) is 0 Å². The van der Waals surface area contributed by atoms with Crippen molar-refractivity contribution >= 4 is 11.6 Å². The Bertz CT molecular complexity index is 644. The molecule has 0 bridgehead atoms. The van der Waals surface area contributed by atoms with Crippen LogP contribution in [0, 0.1) is 23.2 Å². The van der Waals surface area contributed by atoms with Gasteiger partial charge in [-0.2, -0.15) is 0 Å². The molecule has 3 nitrogen and oxygen atoms in total. The Kier molecular flexibility index (Phi) is 3.42. The minimum Gasteiger partial charge on any atom is -0.507 e. The first-order valence-electron chi connectivity index (χ1n) is 8.20. The maximum atomic E-state index is 12.7. The largest absolute Gasteiger partial charge is 0.507 e. The van der Waals surface area contributed by atoms with Gasteiger partial charge < -0.3 is 5.11 Å². The minimum absolute atomic E-state index is 0.0210. The summed E-state index contributed by atoms with van der Waals surface area (Å²) in [5.74, 6) is -0.703. The fourth-order valence-corrected chi connectivity index (χ4v) is 4.41. The summed E-state index contributed by atoms with van der Waals surface area (Å²) in [4.78, 5) is 25.1. The van der Waals surface area contributed by atoms with Gasteiger partial charge in [-0.25, -0.2) is 0 Å². The van der Waals surface area contributed by atoms with Crippen LogP contribution in [0.5, 0.6) is 0 Å². The van der Waals surface area contributed by atoms with E-state index < -0.39 is 11.6 Å². The van der Waals surface area contributed by atoms with Gasteiger partial charge in [0.15, 0.2) is 0 Å². The second-order valence-electron chi connectivity index (χ2n) is 7.77. The van der Waals surface area contributed by atoms with E-state index in [2.05, 4.69) is 19.9 Å². The zero-order chi connectivity index (χ0) is 16.2. The molecule has 1 N–H and O–H groups in total. The highest BCUT2D eigenvalue weighted by molar-refractivity contribution is 6.50. The van der Waals surface area contributed by atoms with Gasteiger partial charge in [0.2, 0.25) is 11.6 Å². The van der Waals surface area contributed by atoms with Crippen LogP contribution < -0.4 is 0 Å². The lowest BCUT2D eigenvalue weighted by atomic mass is 9.58. The number of hydrogen-bond donors (Lipinski definition) is 1. The molecule has 22 heavy (non-hydrogen) atoms. The number of carbonyl (C=O) groups excluding carboxylic acids is 2. The average Bonchev–Trinajstić information content (AvgIpc) is 2.43. The third-order valence-corrected chi connectivity index (χ3v) is 5.59. The van der Waals surface area contributed by atoms with Crippen LogP contribution in [0.1, 0.15) is 47.0 Å². The van der Waals surface area contributed by atoms with Gasteiger partial charge in [0.25, 0.3) is 0 Å². The lowest BCUT2D eigenvalue weighted by Crippen LogP contribution is -2.41. The molecule has 0 heterocycles. The smallest absolute Gasteiger partial charge is 0.233 e. The van der Waals surface area contributed by atoms with Crippen LogP contribution >= 0.6 is 0 Å². The van der Waals surface area contributed by atoms with Gasteiger partial charge in [-0.05, 0) is 36.0 Å². The molecule has 0 amide bonds. The molecule has 1 saturated carbocycles. The van der Waals surface area contributed by atoms with Crippen molar-refractivity contribution in [2.45, 2.75) is 47.0 Å². The van der Waals surface area contributed by atoms with Gasteiger partial charge in [0.1, 0.15) is 5.76 Å². The topological polar surface area (TPSA) is 54.4 Å². The predicted octanol–water partition coefficient (Wildman–Crippen LogP) is 3.92. The Morgan fingerprint density at radius 1 is 1.23 bits per heavy atom. The van der Waals surface area contributed by atoms with E-state index in [0.29, 0.717) is 11.1 Å². The molecule has 0 saturated heterocycles. The van der Waals surface area contributed by atoms with Crippen molar-refractivity contribution in [1.29, 1.82) is 0 Å². The van der Waals surface area contributed by atoms with Crippen LogP contribution in [-0.2, 0) is 9.59 Å². The zero-order valence-electron chi connectivity index (χ0n) is 13.8. The molecule has 3 aliphatic rings. The molecule has 3 heteroatoms. The first kappa shape index (κ1) is 15.3. The molecule has 0 radical (unpaired) electrons. The maximum absolute atomic E-state index is 12.7. The summed E-state index contributed by atoms with van der Waals surface area (Å²) in [6.07, 6.45) is 7.11. The summed E-state index contributed by atoms with van der Waals surface area (Å²) in [6, 6.07) is 0. The van der Waals surface area contributed by atoms with E-state index in [-0.39, 0.29) is 34.5 Å². The monoisotopic (exact) mass is 300 g/mol. The van der Waals surface area contributed by atoms with Crippen LogP contribution in [0.2, 0.25) is 0 Å². The summed E-state index contributed by atoms with van der Waals surface area (Å²) in [5.41, 5.74) is 1.54. The predicted molar refractivity (Wildman–Crippen MR) is 85.3 cm³/mol. The molecule has 0 unspecified atom stereocenters. The molecule has 0 aliphatic heterocycles. The SMILES string of the molecule is CC(C)C1=C(O)C2=C(C(=O)C1=O)[C@H]1CCCC(C)(C)[C@@H]1C=C2. The van der Waals surface area contributed by atoms with Crippen molar-refractivity contribution in [3.63, 3.8) is 0 Å². The molecule has 0 aromatic carbocycles. The van der Waals surface area contributed by atoms with Crippen molar-refractivity contribution in [3.8, 4) is 0 Å². The van der Waals surface area contributed by atoms with Crippen LogP contribution in [-0.4, -0.2) is 16.7 Å². The molecule has 2 atom stereocenters. The van der Waals surface area contributed by atoms with Crippen LogP contribution in [0.4, 0.5) is 0 Å². The molecule has 0 aromatic heterocycles. The van der Waals surface area contributed by atoms with E-state index in [4.69, 9.17) is 0 Å². The quantitative estimate of drug-likeness (QED) is 0.590. The Hall–Kier alpha value is -1.64. The third-order valence-electron chi connectivity index (χ3n) is 5.59. The number of fused-ring (bicyclic) bond motifs is 2. The summed E-state index contributed by atoms with van der Waals surface area (Å²) in [5, 5.41) is 10.5. The molecular formula is C19H24O3. The number of hydrogen-bond acceptors (Lipinski definition) is 3. The molecule has 0 aromatic rings. The average molecular weight is 300 g/mol. The van der Waals surface area contributed by atoms with E-state index in [1.54, 1.807) is 0 Å². The Morgan fingerprint density at radius 3 is 2.55 bits per heavy atom. The number of rotatable bonds is 1. The number of aliphatic hydroxyl groups excluding tert-OH is 1. The van der Waals surface area contributed by atoms with Gasteiger partial charge in [-0.1, -0.05) is 46.3 Å². The number of carbonyl (C=O) groups is 2. The number of aliphatic hydroxyl groups is 1. The highest BCUT2D eigenvalue weighted by Crippen LogP contribution is 2.51. The second kappa shape index (κ2) is 4.94. The van der Waals surface area contributed by atoms with Crippen molar-refractivity contribution in [2.24, 2.45) is 23.2 Å². The number of ketones is 2. The summed E-state index contributed by atoms with van der Waals surface area (Å²) < 4.78 is 0. The third kappa shape index (κ3) is 2.02. The first-order valence-corrected chi connectivity index (χ1v) is 8.20. The molecule has 1 fully saturated rings. The zero-order valence-corrected chi connectivity index (χ0v) is 13.8. The van der Waals surface area contributed by atoms with Crippen molar-refractivity contribution in [2.75, 3.05) is 0 Å². The van der Waals surface area contributed by atoms with Gasteiger partial charge >= 0.3 is 0 Å². The summed E-state index contributed by atoms with van der Waals surface area (Å²) >= 11 is 0. The lowest BCUT2D eigenvalue weighted by molar-refractivity contribution is -0.133. The van der Waals surface area contributed by atoms with Gasteiger partial charge in [-0.3, -0.25) is 9.59 Å². The molecule has 3 aliphatic carbocycles. The Labute approximate surface area is 131 Å². The van der Waals surface area contributed by atoms with Crippen LogP contribution in [0.15, 0.2) is 34.6 Å². The molecule has 0 spiro atoms. The van der Waals surface area contributed by atoms with Crippen molar-refractivity contribution < 1.29 is 14.7 Å². The van der Waals surface area contributed by atoms with E-state index in [0.717, 1.165) is 19.3 Å². The summed E-state index contributed by atoms with van der Waals surface area (Å²) in [7, 11) is 0.